The number of benzene rings is 2. The van der Waals surface area contributed by atoms with Gasteiger partial charge in [-0.2, -0.15) is 0 Å². The number of nitrogens with one attached hydrogen (secondary N) is 4. The molecule has 0 radical (unpaired) electrons. The van der Waals surface area contributed by atoms with Crippen molar-refractivity contribution in [2.24, 2.45) is 37.8 Å². The lowest BCUT2D eigenvalue weighted by Crippen LogP contribution is -2.51. The maximum absolute atomic E-state index is 13.3. The van der Waals surface area contributed by atoms with Crippen LogP contribution in [0.25, 0.3) is 33.6 Å². The molecule has 0 unspecified atom stereocenters. The van der Waals surface area contributed by atoms with E-state index >= 15 is 0 Å². The highest BCUT2D eigenvalue weighted by atomic mass is 16.5. The number of rotatable bonds is 15. The first-order chi connectivity index (χ1) is 26.4. The summed E-state index contributed by atoms with van der Waals surface area (Å²) < 4.78 is 13.3. The molecule has 0 aliphatic heterocycles. The molecular weight excluding hydrogens is 713 g/mol. The Hall–Kier alpha value is -5.66. The number of hydrogen-bond acceptors (Lipinski definition) is 8. The van der Waals surface area contributed by atoms with Crippen molar-refractivity contribution in [2.75, 3.05) is 14.2 Å². The molecule has 56 heavy (non-hydrogen) atoms. The van der Waals surface area contributed by atoms with E-state index in [4.69, 9.17) is 19.4 Å². The predicted molar refractivity (Wildman–Crippen MR) is 216 cm³/mol. The summed E-state index contributed by atoms with van der Waals surface area (Å²) in [6.07, 6.45) is 2.58. The summed E-state index contributed by atoms with van der Waals surface area (Å²) in [5, 5.41) is 11.5. The monoisotopic (exact) mass is 770 g/mol. The van der Waals surface area contributed by atoms with Gasteiger partial charge in [-0.05, 0) is 34.8 Å². The largest absolute Gasteiger partial charge is 0.453 e. The number of amides is 4. The fourth-order valence-electron chi connectivity index (χ4n) is 6.47. The molecule has 4 amide bonds. The van der Waals surface area contributed by atoms with E-state index in [2.05, 4.69) is 45.5 Å². The average molecular weight is 771 g/mol. The molecule has 0 aliphatic carbocycles. The van der Waals surface area contributed by atoms with Gasteiger partial charge in [0.15, 0.2) is 0 Å². The zero-order valence-corrected chi connectivity index (χ0v) is 34.6. The molecule has 0 saturated heterocycles. The predicted octanol–water partition coefficient (Wildman–Crippen LogP) is 6.54. The van der Waals surface area contributed by atoms with Crippen LogP contribution in [0.5, 0.6) is 0 Å². The third-order valence-corrected chi connectivity index (χ3v) is 9.82. The van der Waals surface area contributed by atoms with Gasteiger partial charge in [-0.15, -0.1) is 0 Å². The van der Waals surface area contributed by atoms with E-state index in [-0.39, 0.29) is 35.5 Å². The Bertz CT molecular complexity index is 1820. The van der Waals surface area contributed by atoms with Gasteiger partial charge in [-0.3, -0.25) is 9.59 Å². The van der Waals surface area contributed by atoms with Crippen molar-refractivity contribution in [3.63, 3.8) is 0 Å². The first-order valence-corrected chi connectivity index (χ1v) is 19.0. The van der Waals surface area contributed by atoms with Crippen molar-refractivity contribution in [1.29, 1.82) is 0 Å². The second-order valence-corrected chi connectivity index (χ2v) is 15.5. The summed E-state index contributed by atoms with van der Waals surface area (Å²) in [6.45, 7) is 15.5. The van der Waals surface area contributed by atoms with E-state index in [1.807, 2.05) is 115 Å². The van der Waals surface area contributed by atoms with Gasteiger partial charge in [0, 0.05) is 37.6 Å². The van der Waals surface area contributed by atoms with Gasteiger partial charge in [0.05, 0.1) is 37.7 Å². The maximum Gasteiger partial charge on any atom is 0.407 e. The lowest BCUT2D eigenvalue weighted by Gasteiger charge is -2.27. The molecule has 0 spiro atoms. The summed E-state index contributed by atoms with van der Waals surface area (Å²) >= 11 is 0. The fraction of sp³-hybridized carbons (Fsp3) is 0.476. The summed E-state index contributed by atoms with van der Waals surface area (Å²) in [4.78, 5) is 60.3. The third kappa shape index (κ3) is 10.3. The first-order valence-electron chi connectivity index (χ1n) is 19.0. The number of hydrogen-bond donors (Lipinski definition) is 4. The summed E-state index contributed by atoms with van der Waals surface area (Å²) in [6, 6.07) is 14.0. The van der Waals surface area contributed by atoms with Crippen LogP contribution in [-0.4, -0.2) is 69.4 Å². The Labute approximate surface area is 330 Å². The Kier molecular flexibility index (Phi) is 14.4. The minimum Gasteiger partial charge on any atom is -0.453 e. The van der Waals surface area contributed by atoms with E-state index < -0.39 is 36.4 Å². The SMILES string of the molecule is COC(=O)N[C@@H](C(=O)N[C@H](c1nc(-c2ccc(-c3ccc(-c4cn(C)c([C@@H](NC(=O)[C@H](NC(=O)OC)C(C)C)C(C)C)n4)cc3)cc2)cn1C)C(C)C)C(C)C. The summed E-state index contributed by atoms with van der Waals surface area (Å²) in [5.74, 6) is 0.560. The zero-order chi connectivity index (χ0) is 41.4. The zero-order valence-electron chi connectivity index (χ0n) is 34.6. The lowest BCUT2D eigenvalue weighted by molar-refractivity contribution is -0.126. The van der Waals surface area contributed by atoms with E-state index in [1.165, 1.54) is 14.2 Å². The molecule has 302 valence electrons. The molecule has 0 saturated carbocycles. The van der Waals surface area contributed by atoms with Gasteiger partial charge in [0.25, 0.3) is 0 Å². The van der Waals surface area contributed by atoms with Crippen molar-refractivity contribution in [3.05, 3.63) is 72.6 Å². The molecule has 4 N–H and O–H groups in total. The Morgan fingerprint density at radius 2 is 0.804 bits per heavy atom. The minimum absolute atomic E-state index is 0.0266. The van der Waals surface area contributed by atoms with Crippen LogP contribution < -0.4 is 21.3 Å². The van der Waals surface area contributed by atoms with Crippen LogP contribution in [0.15, 0.2) is 60.9 Å². The number of ether oxygens (including phenoxy) is 2. The highest BCUT2D eigenvalue weighted by molar-refractivity contribution is 5.87. The van der Waals surface area contributed by atoms with Crippen LogP contribution in [0, 0.1) is 23.7 Å². The number of aromatic nitrogens is 4. The van der Waals surface area contributed by atoms with E-state index in [0.717, 1.165) is 33.6 Å². The Morgan fingerprint density at radius 3 is 1.07 bits per heavy atom. The molecule has 4 rings (SSSR count). The van der Waals surface area contributed by atoms with E-state index in [9.17, 15) is 19.2 Å². The van der Waals surface area contributed by atoms with Crippen LogP contribution in [0.2, 0.25) is 0 Å². The van der Waals surface area contributed by atoms with Crippen LogP contribution in [0.1, 0.15) is 79.1 Å². The van der Waals surface area contributed by atoms with Crippen LogP contribution in [-0.2, 0) is 33.2 Å². The maximum atomic E-state index is 13.3. The van der Waals surface area contributed by atoms with Crippen LogP contribution in [0.4, 0.5) is 9.59 Å². The van der Waals surface area contributed by atoms with E-state index in [0.29, 0.717) is 11.6 Å². The van der Waals surface area contributed by atoms with Gasteiger partial charge in [0.1, 0.15) is 23.7 Å². The number of aryl methyl sites for hydroxylation is 2. The molecule has 2 heterocycles. The van der Waals surface area contributed by atoms with Crippen LogP contribution in [0.3, 0.4) is 0 Å². The number of carbonyl (C=O) groups is 4. The number of imidazole rings is 2. The molecule has 2 aromatic heterocycles. The molecule has 0 fully saturated rings. The molecule has 4 aromatic rings. The first kappa shape index (κ1) is 43.1. The van der Waals surface area contributed by atoms with Gasteiger partial charge < -0.3 is 39.9 Å². The topological polar surface area (TPSA) is 170 Å². The molecular formula is C42H58N8O6. The van der Waals surface area contributed by atoms with Gasteiger partial charge >= 0.3 is 12.2 Å². The number of nitrogens with zero attached hydrogens (tertiary/aromatic N) is 4. The minimum atomic E-state index is -0.759. The number of carbonyl (C=O) groups excluding carboxylic acids is 4. The second-order valence-electron chi connectivity index (χ2n) is 15.5. The van der Waals surface area contributed by atoms with Crippen LogP contribution >= 0.6 is 0 Å². The Balaban J connectivity index is 1.50. The van der Waals surface area contributed by atoms with Gasteiger partial charge in [0.2, 0.25) is 11.8 Å². The average Bonchev–Trinajstić information content (AvgIpc) is 3.74. The normalized spacial score (nSPS) is 13.6. The highest BCUT2D eigenvalue weighted by Crippen LogP contribution is 2.30. The molecule has 0 aliphatic rings. The third-order valence-electron chi connectivity index (χ3n) is 9.82. The van der Waals surface area contributed by atoms with Gasteiger partial charge in [-0.1, -0.05) is 104 Å². The molecule has 14 heteroatoms. The van der Waals surface area contributed by atoms with Crippen molar-refractivity contribution in [1.82, 2.24) is 40.4 Å². The standard InChI is InChI=1S/C42H58N8O6/c1-23(2)33(45-39(51)35(25(5)6)47-41(53)55-11)37-43-31(21-49(37)9)29-17-13-27(14-18-29)28-15-19-30(20-16-28)32-22-50(10)38(44-32)34(24(3)4)46-40(52)36(26(7)8)48-42(54)56-12/h13-26,33-36H,1-12H3,(H,45,51)(H,46,52)(H,47,53)(H,48,54)/t33-,34-,35+,36+/m0/s1. The van der Waals surface area contributed by atoms with Crippen molar-refractivity contribution in [2.45, 2.75) is 79.6 Å². The molecule has 14 nitrogen and oxygen atoms in total. The quantitative estimate of drug-likeness (QED) is 0.106. The number of alkyl carbamates (subject to hydrolysis) is 2. The van der Waals surface area contributed by atoms with Gasteiger partial charge in [-0.25, -0.2) is 19.6 Å². The second kappa shape index (κ2) is 18.8. The summed E-state index contributed by atoms with van der Waals surface area (Å²) in [7, 11) is 6.36. The lowest BCUT2D eigenvalue weighted by atomic mass is 9.99. The van der Waals surface area contributed by atoms with Crippen molar-refractivity contribution < 1.29 is 28.7 Å². The highest BCUT2D eigenvalue weighted by Gasteiger charge is 2.32. The molecule has 2 aromatic carbocycles. The van der Waals surface area contributed by atoms with Crippen molar-refractivity contribution >= 4 is 24.0 Å². The summed E-state index contributed by atoms with van der Waals surface area (Å²) in [5.41, 5.74) is 5.49. The fourth-order valence-corrected chi connectivity index (χ4v) is 6.47. The Morgan fingerprint density at radius 1 is 0.500 bits per heavy atom. The smallest absolute Gasteiger partial charge is 0.407 e. The van der Waals surface area contributed by atoms with Crippen molar-refractivity contribution in [3.8, 4) is 33.6 Å². The van der Waals surface area contributed by atoms with E-state index in [1.54, 1.807) is 0 Å². The molecule has 4 atom stereocenters. The molecule has 0 bridgehead atoms. The number of methoxy groups -OCH3 is 2.